The van der Waals surface area contributed by atoms with Gasteiger partial charge in [-0.2, -0.15) is 0 Å². The Morgan fingerprint density at radius 2 is 1.71 bits per heavy atom. The zero-order chi connectivity index (χ0) is 24.7. The van der Waals surface area contributed by atoms with E-state index in [0.29, 0.717) is 12.2 Å². The standard InChI is InChI=1S/C27H31FN4O2/c1-5-29-27(34)30-24-14-15-25(31(3)4)22(17-24)18-32(19(2)20-10-7-6-8-11-20)26(33)21-12-9-13-23(28)16-21/h6-17,19H,5,18H2,1-4H3,(H2,29,30,34). The van der Waals surface area contributed by atoms with E-state index < -0.39 is 5.82 Å². The van der Waals surface area contributed by atoms with Gasteiger partial charge in [-0.1, -0.05) is 36.4 Å². The van der Waals surface area contributed by atoms with Crippen LogP contribution in [0.15, 0.2) is 72.8 Å². The largest absolute Gasteiger partial charge is 0.377 e. The fraction of sp³-hybridized carbons (Fsp3) is 0.259. The number of benzene rings is 3. The highest BCUT2D eigenvalue weighted by Crippen LogP contribution is 2.30. The van der Waals surface area contributed by atoms with Crippen LogP contribution in [0.2, 0.25) is 0 Å². The maximum Gasteiger partial charge on any atom is 0.319 e. The number of urea groups is 1. The van der Waals surface area contributed by atoms with Crippen LogP contribution in [0, 0.1) is 5.82 Å². The van der Waals surface area contributed by atoms with Crippen LogP contribution in [-0.4, -0.2) is 37.5 Å². The Bertz CT molecular complexity index is 1130. The van der Waals surface area contributed by atoms with Crippen molar-refractivity contribution in [3.63, 3.8) is 0 Å². The number of amides is 3. The molecule has 0 saturated heterocycles. The fourth-order valence-electron chi connectivity index (χ4n) is 3.83. The third-order valence-corrected chi connectivity index (χ3v) is 5.58. The summed E-state index contributed by atoms with van der Waals surface area (Å²) >= 11 is 0. The van der Waals surface area contributed by atoms with Gasteiger partial charge in [0.25, 0.3) is 5.91 Å². The summed E-state index contributed by atoms with van der Waals surface area (Å²) in [5.74, 6) is -0.733. The number of nitrogens with one attached hydrogen (secondary N) is 2. The van der Waals surface area contributed by atoms with E-state index in [1.54, 1.807) is 11.0 Å². The molecule has 0 heterocycles. The highest BCUT2D eigenvalue weighted by Gasteiger charge is 2.25. The van der Waals surface area contributed by atoms with Crippen molar-refractivity contribution in [3.05, 3.63) is 95.3 Å². The molecule has 0 aliphatic rings. The summed E-state index contributed by atoms with van der Waals surface area (Å²) in [6, 6.07) is 20.5. The predicted molar refractivity (Wildman–Crippen MR) is 135 cm³/mol. The normalized spacial score (nSPS) is 11.4. The summed E-state index contributed by atoms with van der Waals surface area (Å²) < 4.78 is 13.9. The van der Waals surface area contributed by atoms with E-state index in [0.717, 1.165) is 16.8 Å². The van der Waals surface area contributed by atoms with E-state index in [1.165, 1.54) is 18.2 Å². The molecule has 3 aromatic carbocycles. The molecule has 0 bridgehead atoms. The van der Waals surface area contributed by atoms with Crippen LogP contribution >= 0.6 is 0 Å². The number of carbonyl (C=O) groups is 2. The van der Waals surface area contributed by atoms with Crippen molar-refractivity contribution >= 4 is 23.3 Å². The first kappa shape index (κ1) is 24.8. The molecule has 0 saturated carbocycles. The molecule has 0 fully saturated rings. The summed E-state index contributed by atoms with van der Waals surface area (Å²) in [4.78, 5) is 29.3. The van der Waals surface area contributed by atoms with Gasteiger partial charge in [-0.15, -0.1) is 0 Å². The Labute approximate surface area is 200 Å². The lowest BCUT2D eigenvalue weighted by molar-refractivity contribution is 0.0674. The number of nitrogens with zero attached hydrogens (tertiary/aromatic N) is 2. The maximum absolute atomic E-state index is 13.9. The number of anilines is 2. The second-order valence-corrected chi connectivity index (χ2v) is 8.25. The zero-order valence-corrected chi connectivity index (χ0v) is 20.0. The van der Waals surface area contributed by atoms with Crippen molar-refractivity contribution in [1.82, 2.24) is 10.2 Å². The van der Waals surface area contributed by atoms with E-state index in [9.17, 15) is 14.0 Å². The first-order chi connectivity index (χ1) is 16.3. The minimum Gasteiger partial charge on any atom is -0.377 e. The predicted octanol–water partition coefficient (Wildman–Crippen LogP) is 5.44. The molecular formula is C27H31FN4O2. The van der Waals surface area contributed by atoms with Crippen molar-refractivity contribution in [3.8, 4) is 0 Å². The fourth-order valence-corrected chi connectivity index (χ4v) is 3.83. The van der Waals surface area contributed by atoms with Crippen LogP contribution in [0.1, 0.15) is 41.4 Å². The summed E-state index contributed by atoms with van der Waals surface area (Å²) in [6.45, 7) is 4.59. The molecule has 0 aromatic heterocycles. The highest BCUT2D eigenvalue weighted by atomic mass is 19.1. The molecule has 0 aliphatic heterocycles. The van der Waals surface area contributed by atoms with Gasteiger partial charge in [0.05, 0.1) is 6.04 Å². The summed E-state index contributed by atoms with van der Waals surface area (Å²) in [5.41, 5.74) is 3.64. The van der Waals surface area contributed by atoms with Gasteiger partial charge in [0, 0.05) is 44.1 Å². The zero-order valence-electron chi connectivity index (χ0n) is 20.0. The highest BCUT2D eigenvalue weighted by molar-refractivity contribution is 5.94. The van der Waals surface area contributed by atoms with Crippen LogP contribution in [0.25, 0.3) is 0 Å². The molecule has 34 heavy (non-hydrogen) atoms. The van der Waals surface area contributed by atoms with Gasteiger partial charge in [0.1, 0.15) is 5.82 Å². The monoisotopic (exact) mass is 462 g/mol. The Hall–Kier alpha value is -3.87. The molecule has 0 aliphatic carbocycles. The van der Waals surface area contributed by atoms with Gasteiger partial charge < -0.3 is 20.4 Å². The maximum atomic E-state index is 13.9. The van der Waals surface area contributed by atoms with Gasteiger partial charge in [-0.25, -0.2) is 9.18 Å². The number of hydrogen-bond acceptors (Lipinski definition) is 3. The second kappa shape index (κ2) is 11.3. The third kappa shape index (κ3) is 6.13. The minimum absolute atomic E-state index is 0.268. The molecule has 0 spiro atoms. The Morgan fingerprint density at radius 1 is 0.971 bits per heavy atom. The lowest BCUT2D eigenvalue weighted by atomic mass is 10.0. The van der Waals surface area contributed by atoms with E-state index in [-0.39, 0.29) is 30.1 Å². The lowest BCUT2D eigenvalue weighted by Crippen LogP contribution is -2.34. The van der Waals surface area contributed by atoms with Crippen molar-refractivity contribution < 1.29 is 14.0 Å². The first-order valence-electron chi connectivity index (χ1n) is 11.3. The summed E-state index contributed by atoms with van der Waals surface area (Å²) in [7, 11) is 3.85. The quantitative estimate of drug-likeness (QED) is 0.469. The first-order valence-corrected chi connectivity index (χ1v) is 11.3. The third-order valence-electron chi connectivity index (χ3n) is 5.58. The van der Waals surface area contributed by atoms with Gasteiger partial charge in [0.2, 0.25) is 0 Å². The molecule has 0 radical (unpaired) electrons. The van der Waals surface area contributed by atoms with Crippen molar-refractivity contribution in [2.75, 3.05) is 30.9 Å². The molecule has 178 valence electrons. The van der Waals surface area contributed by atoms with E-state index in [4.69, 9.17) is 0 Å². The van der Waals surface area contributed by atoms with Gasteiger partial charge in [-0.05, 0) is 61.4 Å². The lowest BCUT2D eigenvalue weighted by Gasteiger charge is -2.31. The topological polar surface area (TPSA) is 64.7 Å². The number of carbonyl (C=O) groups excluding carboxylic acids is 2. The van der Waals surface area contributed by atoms with Gasteiger partial charge >= 0.3 is 6.03 Å². The molecule has 7 heteroatoms. The average molecular weight is 463 g/mol. The second-order valence-electron chi connectivity index (χ2n) is 8.25. The molecule has 3 amide bonds. The average Bonchev–Trinajstić information content (AvgIpc) is 2.82. The molecule has 3 rings (SSSR count). The Kier molecular flexibility index (Phi) is 8.24. The van der Waals surface area contributed by atoms with Crippen molar-refractivity contribution in [2.45, 2.75) is 26.4 Å². The van der Waals surface area contributed by atoms with E-state index in [2.05, 4.69) is 10.6 Å². The van der Waals surface area contributed by atoms with Gasteiger partial charge in [-0.3, -0.25) is 4.79 Å². The van der Waals surface area contributed by atoms with Crippen LogP contribution < -0.4 is 15.5 Å². The van der Waals surface area contributed by atoms with Gasteiger partial charge in [0.15, 0.2) is 0 Å². The SMILES string of the molecule is CCNC(=O)Nc1ccc(N(C)C)c(CN(C(=O)c2cccc(F)c2)C(C)c2ccccc2)c1. The van der Waals surface area contributed by atoms with Crippen LogP contribution in [0.3, 0.4) is 0 Å². The molecule has 1 atom stereocenters. The molecular weight excluding hydrogens is 431 g/mol. The number of hydrogen-bond donors (Lipinski definition) is 2. The Balaban J connectivity index is 2.02. The van der Waals surface area contributed by atoms with E-state index in [1.807, 2.05) is 81.4 Å². The van der Waals surface area contributed by atoms with E-state index >= 15 is 0 Å². The van der Waals surface area contributed by atoms with Crippen LogP contribution in [-0.2, 0) is 6.54 Å². The molecule has 3 aromatic rings. The van der Waals surface area contributed by atoms with Crippen molar-refractivity contribution in [2.24, 2.45) is 0 Å². The molecule has 6 nitrogen and oxygen atoms in total. The number of halogens is 1. The smallest absolute Gasteiger partial charge is 0.319 e. The Morgan fingerprint density at radius 3 is 2.35 bits per heavy atom. The summed E-state index contributed by atoms with van der Waals surface area (Å²) in [6.07, 6.45) is 0. The number of rotatable bonds is 8. The van der Waals surface area contributed by atoms with Crippen LogP contribution in [0.4, 0.5) is 20.6 Å². The van der Waals surface area contributed by atoms with Crippen LogP contribution in [0.5, 0.6) is 0 Å². The van der Waals surface area contributed by atoms with Crippen molar-refractivity contribution in [1.29, 1.82) is 0 Å². The minimum atomic E-state index is -0.458. The molecule has 2 N–H and O–H groups in total. The molecule has 1 unspecified atom stereocenters. The summed E-state index contributed by atoms with van der Waals surface area (Å²) in [5, 5.41) is 5.55.